The highest BCUT2D eigenvalue weighted by atomic mass is 35.5. The molecular weight excluding hydrogens is 661 g/mol. The molecule has 0 aliphatic heterocycles. The van der Waals surface area contributed by atoms with Gasteiger partial charge in [0, 0.05) is 23.7 Å². The fourth-order valence-corrected chi connectivity index (χ4v) is 6.74. The van der Waals surface area contributed by atoms with E-state index in [2.05, 4.69) is 24.7 Å². The molecule has 0 saturated heterocycles. The monoisotopic (exact) mass is 700 g/mol. The van der Waals surface area contributed by atoms with Crippen molar-refractivity contribution in [3.05, 3.63) is 65.2 Å². The van der Waals surface area contributed by atoms with Gasteiger partial charge in [-0.2, -0.15) is 4.98 Å². The molecule has 1 fully saturated rings. The van der Waals surface area contributed by atoms with Gasteiger partial charge in [-0.15, -0.1) is 25.6 Å². The maximum atomic E-state index is 13.3. The van der Waals surface area contributed by atoms with E-state index >= 15 is 0 Å². The van der Waals surface area contributed by atoms with Crippen LogP contribution in [-0.4, -0.2) is 60.1 Å². The summed E-state index contributed by atoms with van der Waals surface area (Å²) in [4.78, 5) is 19.9. The number of benzene rings is 2. The second-order valence-electron chi connectivity index (χ2n) is 13.2. The number of halogens is 4. The molecule has 1 heterocycles. The number of nitrogens with zero attached hydrogens (tertiary/aromatic N) is 2. The minimum atomic E-state index is -4.72. The average Bonchev–Trinajstić information content (AvgIpc) is 2.89. The average molecular weight is 701 g/mol. The number of hydrogen-bond acceptors (Lipinski definition) is 8. The van der Waals surface area contributed by atoms with Crippen LogP contribution in [0.2, 0.25) is 0 Å². The Balaban J connectivity index is 0.00000600. The number of sulfonamides is 1. The molecule has 1 atom stereocenters. The molecule has 0 radical (unpaired) electrons. The van der Waals surface area contributed by atoms with Crippen LogP contribution in [0, 0.1) is 19.3 Å². The molecule has 1 aliphatic carbocycles. The van der Waals surface area contributed by atoms with Crippen molar-refractivity contribution in [1.29, 1.82) is 0 Å². The van der Waals surface area contributed by atoms with Gasteiger partial charge >= 0.3 is 12.3 Å². The number of aryl methyl sites for hydroxylation is 2. The number of aromatic carboxylic acids is 1. The van der Waals surface area contributed by atoms with E-state index in [9.17, 15) is 31.5 Å². The van der Waals surface area contributed by atoms with E-state index in [0.717, 1.165) is 22.8 Å². The fourth-order valence-electron chi connectivity index (χ4n) is 5.75. The van der Waals surface area contributed by atoms with Crippen LogP contribution in [0.5, 0.6) is 5.88 Å². The molecule has 1 aliphatic rings. The summed E-state index contributed by atoms with van der Waals surface area (Å²) < 4.78 is 77.9. The smallest absolute Gasteiger partial charge is 0.478 e. The van der Waals surface area contributed by atoms with Crippen LogP contribution in [0.3, 0.4) is 0 Å². The molecule has 10 nitrogen and oxygen atoms in total. The fraction of sp³-hybridized carbons (Fsp3) is 0.469. The Bertz CT molecular complexity index is 1670. The Hall–Kier alpha value is -3.46. The van der Waals surface area contributed by atoms with Crippen molar-refractivity contribution in [3.8, 4) is 17.1 Å². The number of ether oxygens (including phenoxy) is 2. The van der Waals surface area contributed by atoms with Crippen molar-refractivity contribution >= 4 is 34.3 Å². The van der Waals surface area contributed by atoms with Gasteiger partial charge in [0.05, 0.1) is 21.8 Å². The van der Waals surface area contributed by atoms with Gasteiger partial charge in [0.15, 0.2) is 0 Å². The van der Waals surface area contributed by atoms with Crippen LogP contribution >= 0.6 is 12.4 Å². The Morgan fingerprint density at radius 1 is 1.06 bits per heavy atom. The molecular formula is C32H40ClF3N4O6S. The second kappa shape index (κ2) is 14.3. The molecule has 15 heteroatoms. The highest BCUT2D eigenvalue weighted by molar-refractivity contribution is 7.92. The summed E-state index contributed by atoms with van der Waals surface area (Å²) in [6, 6.07) is 11.7. The van der Waals surface area contributed by atoms with Gasteiger partial charge in [-0.05, 0) is 74.8 Å². The van der Waals surface area contributed by atoms with Crippen molar-refractivity contribution < 1.29 is 41.0 Å². The molecule has 47 heavy (non-hydrogen) atoms. The summed E-state index contributed by atoms with van der Waals surface area (Å²) in [6.07, 6.45) is -3.75. The van der Waals surface area contributed by atoms with Crippen LogP contribution in [0.15, 0.2) is 53.4 Å². The molecule has 4 rings (SSSR count). The van der Waals surface area contributed by atoms with Crippen molar-refractivity contribution in [2.24, 2.45) is 5.41 Å². The molecule has 3 N–H and O–H groups in total. The lowest BCUT2D eigenvalue weighted by molar-refractivity contribution is -0.377. The summed E-state index contributed by atoms with van der Waals surface area (Å²) in [7, 11) is -4.29. The van der Waals surface area contributed by atoms with Crippen molar-refractivity contribution in [1.82, 2.24) is 15.3 Å². The minimum Gasteiger partial charge on any atom is -0.478 e. The third-order valence-corrected chi connectivity index (χ3v) is 8.86. The zero-order valence-corrected chi connectivity index (χ0v) is 28.6. The van der Waals surface area contributed by atoms with E-state index in [1.165, 1.54) is 25.1 Å². The van der Waals surface area contributed by atoms with Crippen LogP contribution < -0.4 is 14.8 Å². The van der Waals surface area contributed by atoms with Gasteiger partial charge in [-0.1, -0.05) is 45.0 Å². The number of anilines is 1. The van der Waals surface area contributed by atoms with Crippen LogP contribution in [-0.2, 0) is 14.8 Å². The predicted molar refractivity (Wildman–Crippen MR) is 173 cm³/mol. The van der Waals surface area contributed by atoms with E-state index in [1.54, 1.807) is 6.07 Å². The molecule has 1 aromatic heterocycles. The van der Waals surface area contributed by atoms with E-state index < -0.39 is 28.0 Å². The Morgan fingerprint density at radius 2 is 1.68 bits per heavy atom. The standard InChI is InChI=1S/C32H39F3N4O6S.ClH/c1-19-9-7-10-20(2)27(19)25-14-26(38-29(37-25)39-46(42,43)24-12-8-11-21(13-24)28(40)41)44-18-23(15-30(3,4)5)36-22-16-31(6,17-22)45-32(33,34)35;/h7-14,22-23,36H,15-18H2,1-6H3,(H,40,41)(H,37,38,39);1H/t22?,23-,31?;/m1./s1. The number of alkyl halides is 3. The molecule has 1 saturated carbocycles. The van der Waals surface area contributed by atoms with Crippen LogP contribution in [0.4, 0.5) is 19.1 Å². The largest absolute Gasteiger partial charge is 0.523 e. The third-order valence-electron chi connectivity index (χ3n) is 7.54. The molecule has 0 spiro atoms. The molecule has 3 aromatic rings. The highest BCUT2D eigenvalue weighted by Crippen LogP contribution is 2.41. The third kappa shape index (κ3) is 10.5. The molecule has 0 unspecified atom stereocenters. The first-order chi connectivity index (χ1) is 21.2. The summed E-state index contributed by atoms with van der Waals surface area (Å²) >= 11 is 0. The topological polar surface area (TPSA) is 140 Å². The summed E-state index contributed by atoms with van der Waals surface area (Å²) in [6.45, 7) is 11.4. The number of carboxylic acids is 1. The predicted octanol–water partition coefficient (Wildman–Crippen LogP) is 6.91. The van der Waals surface area contributed by atoms with Crippen molar-refractivity contribution in [2.45, 2.75) is 89.7 Å². The van der Waals surface area contributed by atoms with Gasteiger partial charge in [0.1, 0.15) is 6.61 Å². The Morgan fingerprint density at radius 3 is 2.26 bits per heavy atom. The first-order valence-electron chi connectivity index (χ1n) is 14.7. The van der Waals surface area contributed by atoms with E-state index in [4.69, 9.17) is 4.74 Å². The quantitative estimate of drug-likeness (QED) is 0.184. The Labute approximate surface area is 279 Å². The van der Waals surface area contributed by atoms with Crippen LogP contribution in [0.25, 0.3) is 11.3 Å². The van der Waals surface area contributed by atoms with E-state index in [-0.39, 0.29) is 71.6 Å². The number of nitrogens with one attached hydrogen (secondary N) is 2. The zero-order chi connectivity index (χ0) is 34.1. The first-order valence-corrected chi connectivity index (χ1v) is 16.2. The molecule has 2 aromatic carbocycles. The van der Waals surface area contributed by atoms with Gasteiger partial charge in [0.25, 0.3) is 10.0 Å². The van der Waals surface area contributed by atoms with Gasteiger partial charge < -0.3 is 15.2 Å². The van der Waals surface area contributed by atoms with Gasteiger partial charge in [-0.3, -0.25) is 4.74 Å². The first kappa shape index (κ1) is 38.0. The zero-order valence-electron chi connectivity index (χ0n) is 26.9. The minimum absolute atomic E-state index is 0. The number of rotatable bonds is 12. The Kier molecular flexibility index (Phi) is 11.6. The second-order valence-corrected chi connectivity index (χ2v) is 14.8. The SMILES string of the molecule is Cc1cccc(C)c1-c1cc(OC[C@@H](CC(C)(C)C)NC2CC(C)(OC(F)(F)F)C2)nc(NS(=O)(=O)c2cccc(C(=O)O)c2)n1.Cl. The van der Waals surface area contributed by atoms with Gasteiger partial charge in [0.2, 0.25) is 11.8 Å². The molecule has 0 amide bonds. The van der Waals surface area contributed by atoms with Crippen LogP contribution in [0.1, 0.15) is 68.4 Å². The molecule has 258 valence electrons. The summed E-state index contributed by atoms with van der Waals surface area (Å²) in [5.74, 6) is -1.49. The number of hydrogen-bond donors (Lipinski definition) is 3. The molecule has 0 bridgehead atoms. The maximum absolute atomic E-state index is 13.3. The lowest BCUT2D eigenvalue weighted by atomic mass is 9.76. The van der Waals surface area contributed by atoms with Gasteiger partial charge in [-0.25, -0.2) is 22.9 Å². The van der Waals surface area contributed by atoms with Crippen molar-refractivity contribution in [2.75, 3.05) is 11.3 Å². The lowest BCUT2D eigenvalue weighted by Crippen LogP contribution is -2.58. The van der Waals surface area contributed by atoms with Crippen molar-refractivity contribution in [3.63, 3.8) is 0 Å². The number of carboxylic acid groups (broad SMARTS) is 1. The van der Waals surface area contributed by atoms with E-state index in [1.807, 2.05) is 52.8 Å². The van der Waals surface area contributed by atoms with E-state index in [0.29, 0.717) is 12.1 Å². The lowest BCUT2D eigenvalue weighted by Gasteiger charge is -2.46. The highest BCUT2D eigenvalue weighted by Gasteiger charge is 2.49. The number of aromatic nitrogens is 2. The maximum Gasteiger partial charge on any atom is 0.523 e. The summed E-state index contributed by atoms with van der Waals surface area (Å²) in [5, 5.41) is 12.7. The number of carbonyl (C=O) groups is 1. The summed E-state index contributed by atoms with van der Waals surface area (Å²) in [5.41, 5.74) is 1.26. The normalized spacial score (nSPS) is 18.9.